The van der Waals surface area contributed by atoms with Gasteiger partial charge in [0, 0.05) is 17.7 Å². The number of nitrogens with one attached hydrogen (secondary N) is 1. The van der Waals surface area contributed by atoms with Gasteiger partial charge in [-0.05, 0) is 24.6 Å². The number of hydrogen-bond acceptors (Lipinski definition) is 4. The Morgan fingerprint density at radius 1 is 1.33 bits per heavy atom. The van der Waals surface area contributed by atoms with Crippen LogP contribution in [-0.4, -0.2) is 28.2 Å². The van der Waals surface area contributed by atoms with Crippen molar-refractivity contribution in [2.45, 2.75) is 19.8 Å². The average Bonchev–Trinajstić information content (AvgIpc) is 2.43. The standard InChI is InChI=1S/C15H16N2O4/c1-9-12(8-14(18)19)15(20)17-13(16-9)7-10-3-5-11(21-2)6-4-10/h3-6H,7-8H2,1-2H3,(H,18,19)(H,16,17,20). The number of carboxylic acid groups (broad SMARTS) is 1. The van der Waals surface area contributed by atoms with Gasteiger partial charge in [0.05, 0.1) is 13.5 Å². The van der Waals surface area contributed by atoms with E-state index in [-0.39, 0.29) is 12.0 Å². The number of methoxy groups -OCH3 is 1. The zero-order chi connectivity index (χ0) is 15.4. The van der Waals surface area contributed by atoms with Crippen molar-refractivity contribution in [3.63, 3.8) is 0 Å². The van der Waals surface area contributed by atoms with E-state index < -0.39 is 11.5 Å². The smallest absolute Gasteiger partial charge is 0.308 e. The van der Waals surface area contributed by atoms with Gasteiger partial charge in [0.1, 0.15) is 11.6 Å². The molecule has 110 valence electrons. The number of H-pyrrole nitrogens is 1. The van der Waals surface area contributed by atoms with E-state index >= 15 is 0 Å². The summed E-state index contributed by atoms with van der Waals surface area (Å²) in [5.74, 6) is 0.221. The molecule has 6 nitrogen and oxygen atoms in total. The molecule has 0 fully saturated rings. The molecule has 0 aliphatic carbocycles. The van der Waals surface area contributed by atoms with Crippen molar-refractivity contribution < 1.29 is 14.6 Å². The maximum Gasteiger partial charge on any atom is 0.308 e. The van der Waals surface area contributed by atoms with Gasteiger partial charge in [-0.15, -0.1) is 0 Å². The Morgan fingerprint density at radius 2 is 2.00 bits per heavy atom. The first-order valence-corrected chi connectivity index (χ1v) is 6.43. The van der Waals surface area contributed by atoms with E-state index in [9.17, 15) is 9.59 Å². The Hall–Kier alpha value is -2.63. The Bertz CT molecular complexity index is 705. The molecule has 1 heterocycles. The molecule has 0 radical (unpaired) electrons. The quantitative estimate of drug-likeness (QED) is 0.865. The summed E-state index contributed by atoms with van der Waals surface area (Å²) in [6.45, 7) is 1.64. The Balaban J connectivity index is 2.24. The molecule has 0 amide bonds. The highest BCUT2D eigenvalue weighted by molar-refractivity contribution is 5.70. The number of aromatic nitrogens is 2. The lowest BCUT2D eigenvalue weighted by Gasteiger charge is -2.06. The van der Waals surface area contributed by atoms with Crippen molar-refractivity contribution in [2.24, 2.45) is 0 Å². The minimum Gasteiger partial charge on any atom is -0.497 e. The third-order valence-corrected chi connectivity index (χ3v) is 3.13. The Labute approximate surface area is 121 Å². The monoisotopic (exact) mass is 288 g/mol. The van der Waals surface area contributed by atoms with Crippen molar-refractivity contribution in [1.29, 1.82) is 0 Å². The van der Waals surface area contributed by atoms with Crippen LogP contribution in [0.1, 0.15) is 22.6 Å². The van der Waals surface area contributed by atoms with Gasteiger partial charge in [-0.2, -0.15) is 0 Å². The van der Waals surface area contributed by atoms with Crippen LogP contribution >= 0.6 is 0 Å². The fourth-order valence-corrected chi connectivity index (χ4v) is 2.05. The van der Waals surface area contributed by atoms with Crippen molar-refractivity contribution in [3.8, 4) is 5.75 Å². The molecular weight excluding hydrogens is 272 g/mol. The number of carboxylic acids is 1. The van der Waals surface area contributed by atoms with Gasteiger partial charge in [-0.1, -0.05) is 12.1 Å². The van der Waals surface area contributed by atoms with Gasteiger partial charge in [-0.25, -0.2) is 4.98 Å². The first kappa shape index (κ1) is 14.8. The molecule has 2 rings (SSSR count). The van der Waals surface area contributed by atoms with Crippen LogP contribution in [0.2, 0.25) is 0 Å². The average molecular weight is 288 g/mol. The molecule has 0 aliphatic rings. The molecule has 2 aromatic rings. The number of aryl methyl sites for hydroxylation is 1. The van der Waals surface area contributed by atoms with E-state index in [1.54, 1.807) is 14.0 Å². The molecule has 0 saturated carbocycles. The number of aromatic amines is 1. The van der Waals surface area contributed by atoms with Crippen LogP contribution in [0.25, 0.3) is 0 Å². The number of aliphatic carboxylic acids is 1. The third-order valence-electron chi connectivity index (χ3n) is 3.13. The molecule has 0 unspecified atom stereocenters. The minimum absolute atomic E-state index is 0.195. The molecule has 0 saturated heterocycles. The lowest BCUT2D eigenvalue weighted by molar-refractivity contribution is -0.136. The summed E-state index contributed by atoms with van der Waals surface area (Å²) < 4.78 is 5.08. The predicted molar refractivity (Wildman–Crippen MR) is 76.7 cm³/mol. The SMILES string of the molecule is COc1ccc(Cc2nc(C)c(CC(=O)O)c(=O)[nH]2)cc1. The topological polar surface area (TPSA) is 92.3 Å². The summed E-state index contributed by atoms with van der Waals surface area (Å²) in [5.41, 5.74) is 1.23. The molecule has 6 heteroatoms. The number of rotatable bonds is 5. The van der Waals surface area contributed by atoms with E-state index in [1.165, 1.54) is 0 Å². The van der Waals surface area contributed by atoms with E-state index in [2.05, 4.69) is 9.97 Å². The minimum atomic E-state index is -1.05. The second-order valence-corrected chi connectivity index (χ2v) is 4.67. The second kappa shape index (κ2) is 6.21. The predicted octanol–water partition coefficient (Wildman–Crippen LogP) is 1.30. The lowest BCUT2D eigenvalue weighted by Crippen LogP contribution is -2.21. The number of hydrogen-bond donors (Lipinski definition) is 2. The summed E-state index contributed by atoms with van der Waals surface area (Å²) >= 11 is 0. The molecular formula is C15H16N2O4. The summed E-state index contributed by atoms with van der Waals surface area (Å²) in [6.07, 6.45) is 0.143. The first-order chi connectivity index (χ1) is 9.99. The van der Waals surface area contributed by atoms with Crippen LogP contribution < -0.4 is 10.3 Å². The largest absolute Gasteiger partial charge is 0.497 e. The van der Waals surface area contributed by atoms with Gasteiger partial charge < -0.3 is 14.8 Å². The Kier molecular flexibility index (Phi) is 4.37. The zero-order valence-electron chi connectivity index (χ0n) is 11.8. The number of ether oxygens (including phenoxy) is 1. The van der Waals surface area contributed by atoms with E-state index in [0.717, 1.165) is 11.3 Å². The second-order valence-electron chi connectivity index (χ2n) is 4.67. The van der Waals surface area contributed by atoms with Crippen LogP contribution in [0.5, 0.6) is 5.75 Å². The molecule has 2 N–H and O–H groups in total. The molecule has 0 atom stereocenters. The zero-order valence-corrected chi connectivity index (χ0v) is 11.8. The van der Waals surface area contributed by atoms with Crippen LogP contribution in [0.15, 0.2) is 29.1 Å². The maximum atomic E-state index is 11.9. The maximum absolute atomic E-state index is 11.9. The van der Waals surface area contributed by atoms with Crippen molar-refractivity contribution in [1.82, 2.24) is 9.97 Å². The molecule has 0 aliphatic heterocycles. The molecule has 0 spiro atoms. The van der Waals surface area contributed by atoms with Crippen molar-refractivity contribution >= 4 is 5.97 Å². The van der Waals surface area contributed by atoms with E-state index in [1.807, 2.05) is 24.3 Å². The van der Waals surface area contributed by atoms with Gasteiger partial charge in [0.15, 0.2) is 0 Å². The van der Waals surface area contributed by atoms with Gasteiger partial charge in [0.25, 0.3) is 5.56 Å². The normalized spacial score (nSPS) is 10.4. The highest BCUT2D eigenvalue weighted by atomic mass is 16.5. The van der Waals surface area contributed by atoms with Gasteiger partial charge in [0.2, 0.25) is 0 Å². The first-order valence-electron chi connectivity index (χ1n) is 6.43. The van der Waals surface area contributed by atoms with Crippen molar-refractivity contribution in [3.05, 3.63) is 57.3 Å². The summed E-state index contributed by atoms with van der Waals surface area (Å²) in [4.78, 5) is 29.5. The lowest BCUT2D eigenvalue weighted by atomic mass is 10.1. The molecule has 1 aromatic heterocycles. The fourth-order valence-electron chi connectivity index (χ4n) is 2.05. The molecule has 0 bridgehead atoms. The highest BCUT2D eigenvalue weighted by Gasteiger charge is 2.12. The molecule has 1 aromatic carbocycles. The van der Waals surface area contributed by atoms with Gasteiger partial charge >= 0.3 is 5.97 Å². The molecule has 21 heavy (non-hydrogen) atoms. The fraction of sp³-hybridized carbons (Fsp3) is 0.267. The highest BCUT2D eigenvalue weighted by Crippen LogP contribution is 2.13. The van der Waals surface area contributed by atoms with Crippen LogP contribution in [0.4, 0.5) is 0 Å². The number of carbonyl (C=O) groups is 1. The van der Waals surface area contributed by atoms with Gasteiger partial charge in [-0.3, -0.25) is 9.59 Å². The summed E-state index contributed by atoms with van der Waals surface area (Å²) in [5, 5.41) is 8.78. The number of nitrogens with zero attached hydrogens (tertiary/aromatic N) is 1. The van der Waals surface area contributed by atoms with Crippen LogP contribution in [0.3, 0.4) is 0 Å². The van der Waals surface area contributed by atoms with Crippen molar-refractivity contribution in [2.75, 3.05) is 7.11 Å². The number of benzene rings is 1. The van der Waals surface area contributed by atoms with Crippen LogP contribution in [0, 0.1) is 6.92 Å². The van der Waals surface area contributed by atoms with E-state index in [4.69, 9.17) is 9.84 Å². The Morgan fingerprint density at radius 3 is 2.52 bits per heavy atom. The third kappa shape index (κ3) is 3.68. The summed E-state index contributed by atoms with van der Waals surface area (Å²) in [6, 6.07) is 7.44. The summed E-state index contributed by atoms with van der Waals surface area (Å²) in [7, 11) is 1.60. The van der Waals surface area contributed by atoms with E-state index in [0.29, 0.717) is 17.9 Å². The van der Waals surface area contributed by atoms with Crippen LogP contribution in [-0.2, 0) is 17.6 Å².